The normalized spacial score (nSPS) is 25.7. The van der Waals surface area contributed by atoms with E-state index in [-0.39, 0.29) is 0 Å². The van der Waals surface area contributed by atoms with Crippen LogP contribution < -0.4 is 9.64 Å². The maximum Gasteiger partial charge on any atom is 0.128 e. The predicted octanol–water partition coefficient (Wildman–Crippen LogP) is 3.68. The van der Waals surface area contributed by atoms with E-state index in [0.717, 1.165) is 74.9 Å². The number of hydrogen-bond acceptors (Lipinski definition) is 5. The van der Waals surface area contributed by atoms with Crippen LogP contribution in [0.25, 0.3) is 0 Å². The van der Waals surface area contributed by atoms with Crippen LogP contribution in [0.1, 0.15) is 37.7 Å². The summed E-state index contributed by atoms with van der Waals surface area (Å²) in [4.78, 5) is 9.44. The third kappa shape index (κ3) is 4.90. The highest BCUT2D eigenvalue weighted by atomic mass is 16.5. The summed E-state index contributed by atoms with van der Waals surface area (Å²) < 4.78 is 5.24. The molecule has 0 amide bonds. The molecule has 156 valence electrons. The summed E-state index contributed by atoms with van der Waals surface area (Å²) in [5, 5.41) is 11.1. The van der Waals surface area contributed by atoms with Crippen molar-refractivity contribution in [3.8, 4) is 5.75 Å². The van der Waals surface area contributed by atoms with Crippen LogP contribution >= 0.6 is 0 Å². The van der Waals surface area contributed by atoms with Crippen LogP contribution in [0.2, 0.25) is 0 Å². The molecule has 29 heavy (non-hydrogen) atoms. The molecule has 1 aromatic carbocycles. The zero-order valence-electron chi connectivity index (χ0n) is 17.5. The highest BCUT2D eigenvalue weighted by molar-refractivity contribution is 5.38. The van der Waals surface area contributed by atoms with Gasteiger partial charge in [-0.3, -0.25) is 4.90 Å². The Labute approximate surface area is 174 Å². The first kappa shape index (κ1) is 20.2. The van der Waals surface area contributed by atoms with Gasteiger partial charge in [0, 0.05) is 32.4 Å². The van der Waals surface area contributed by atoms with Gasteiger partial charge in [0.1, 0.15) is 11.6 Å². The average molecular weight is 396 g/mol. The number of ether oxygens (including phenoxy) is 1. The van der Waals surface area contributed by atoms with E-state index in [1.54, 1.807) is 7.11 Å². The van der Waals surface area contributed by atoms with Crippen molar-refractivity contribution >= 4 is 5.82 Å². The minimum absolute atomic E-state index is 0.670. The summed E-state index contributed by atoms with van der Waals surface area (Å²) in [5.74, 6) is 2.66. The fourth-order valence-corrected chi connectivity index (χ4v) is 4.74. The molecule has 5 heteroatoms. The van der Waals surface area contributed by atoms with Gasteiger partial charge in [0.25, 0.3) is 0 Å². The monoisotopic (exact) mass is 395 g/mol. The zero-order valence-corrected chi connectivity index (χ0v) is 17.5. The molecule has 0 unspecified atom stereocenters. The van der Waals surface area contributed by atoms with Gasteiger partial charge in [0.05, 0.1) is 12.7 Å². The van der Waals surface area contributed by atoms with Crippen LogP contribution in [0, 0.1) is 5.92 Å². The van der Waals surface area contributed by atoms with Gasteiger partial charge >= 0.3 is 0 Å². The van der Waals surface area contributed by atoms with Crippen molar-refractivity contribution in [1.29, 1.82) is 0 Å². The van der Waals surface area contributed by atoms with Crippen LogP contribution in [0.4, 0.5) is 5.82 Å². The molecular formula is C24H33N3O2. The summed E-state index contributed by atoms with van der Waals surface area (Å²) in [6.07, 6.45) is 7.04. The molecule has 2 aromatic rings. The van der Waals surface area contributed by atoms with Crippen molar-refractivity contribution in [3.05, 3.63) is 54.2 Å². The van der Waals surface area contributed by atoms with Gasteiger partial charge in [-0.05, 0) is 74.4 Å². The lowest BCUT2D eigenvalue weighted by Crippen LogP contribution is -2.47. The van der Waals surface area contributed by atoms with Gasteiger partial charge in [-0.2, -0.15) is 0 Å². The van der Waals surface area contributed by atoms with E-state index in [4.69, 9.17) is 4.74 Å². The molecule has 0 bridgehead atoms. The van der Waals surface area contributed by atoms with Crippen molar-refractivity contribution in [3.63, 3.8) is 0 Å². The lowest BCUT2D eigenvalue weighted by molar-refractivity contribution is -0.0162. The Morgan fingerprint density at radius 2 is 1.76 bits per heavy atom. The Bertz CT molecular complexity index is 749. The first-order valence-corrected chi connectivity index (χ1v) is 10.9. The summed E-state index contributed by atoms with van der Waals surface area (Å²) >= 11 is 0. The topological polar surface area (TPSA) is 48.8 Å². The van der Waals surface area contributed by atoms with E-state index in [1.165, 1.54) is 13.0 Å². The number of pyridine rings is 1. The third-order valence-electron chi connectivity index (χ3n) is 6.76. The smallest absolute Gasteiger partial charge is 0.128 e. The number of methoxy groups -OCH3 is 1. The first-order valence-electron chi connectivity index (χ1n) is 10.9. The number of rotatable bonds is 6. The van der Waals surface area contributed by atoms with Crippen LogP contribution in [-0.2, 0) is 5.60 Å². The van der Waals surface area contributed by atoms with E-state index < -0.39 is 5.60 Å². The molecule has 1 N–H and O–H groups in total. The molecule has 2 heterocycles. The van der Waals surface area contributed by atoms with Crippen LogP contribution in [0.5, 0.6) is 5.75 Å². The van der Waals surface area contributed by atoms with E-state index >= 15 is 0 Å². The van der Waals surface area contributed by atoms with Gasteiger partial charge in [-0.1, -0.05) is 18.2 Å². The Hall–Kier alpha value is -2.11. The summed E-state index contributed by atoms with van der Waals surface area (Å²) in [7, 11) is 1.67. The molecule has 2 aliphatic rings. The largest absolute Gasteiger partial charge is 0.497 e. The number of aliphatic hydroxyl groups is 1. The quantitative estimate of drug-likeness (QED) is 0.809. The fraction of sp³-hybridized carbons (Fsp3) is 0.542. The van der Waals surface area contributed by atoms with E-state index in [2.05, 4.69) is 26.9 Å². The summed E-state index contributed by atoms with van der Waals surface area (Å²) in [5.41, 5.74) is 0.360. The van der Waals surface area contributed by atoms with E-state index in [9.17, 15) is 5.11 Å². The lowest BCUT2D eigenvalue weighted by atomic mass is 9.74. The summed E-state index contributed by atoms with van der Waals surface area (Å²) in [6.45, 7) is 5.50. The van der Waals surface area contributed by atoms with E-state index in [1.807, 2.05) is 36.5 Å². The van der Waals surface area contributed by atoms with Crippen molar-refractivity contribution in [2.45, 2.75) is 37.7 Å². The SMILES string of the molecule is COc1ccc([C@]2(O)CC[C@@H](CCN3CCN(c4ccccn4)CC3)CC2)cc1. The fourth-order valence-electron chi connectivity index (χ4n) is 4.74. The van der Waals surface area contributed by atoms with Crippen molar-refractivity contribution < 1.29 is 9.84 Å². The molecule has 1 saturated heterocycles. The van der Waals surface area contributed by atoms with Crippen LogP contribution in [-0.4, -0.2) is 54.8 Å². The van der Waals surface area contributed by atoms with E-state index in [0.29, 0.717) is 0 Å². The molecule has 4 rings (SSSR count). The first-order chi connectivity index (χ1) is 14.2. The molecule has 2 fully saturated rings. The highest BCUT2D eigenvalue weighted by Crippen LogP contribution is 2.41. The predicted molar refractivity (Wildman–Crippen MR) is 116 cm³/mol. The van der Waals surface area contributed by atoms with Crippen molar-refractivity contribution in [2.24, 2.45) is 5.92 Å². The number of hydrogen-bond donors (Lipinski definition) is 1. The minimum atomic E-state index is -0.670. The second kappa shape index (κ2) is 9.14. The number of nitrogens with zero attached hydrogens (tertiary/aromatic N) is 3. The van der Waals surface area contributed by atoms with Gasteiger partial charge in [-0.25, -0.2) is 4.98 Å². The van der Waals surface area contributed by atoms with Gasteiger partial charge in [-0.15, -0.1) is 0 Å². The molecule has 1 aliphatic heterocycles. The minimum Gasteiger partial charge on any atom is -0.497 e. The zero-order chi connectivity index (χ0) is 20.1. The number of piperazine rings is 1. The summed E-state index contributed by atoms with van der Waals surface area (Å²) in [6, 6.07) is 14.1. The molecule has 1 saturated carbocycles. The third-order valence-corrected chi connectivity index (χ3v) is 6.76. The lowest BCUT2D eigenvalue weighted by Gasteiger charge is -2.38. The molecule has 1 aliphatic carbocycles. The Kier molecular flexibility index (Phi) is 6.36. The Morgan fingerprint density at radius 3 is 2.38 bits per heavy atom. The molecule has 1 aromatic heterocycles. The second-order valence-electron chi connectivity index (χ2n) is 8.51. The number of aromatic nitrogens is 1. The van der Waals surface area contributed by atoms with Crippen LogP contribution in [0.3, 0.4) is 0 Å². The van der Waals surface area contributed by atoms with Gasteiger partial charge in [0.15, 0.2) is 0 Å². The van der Waals surface area contributed by atoms with Crippen molar-refractivity contribution in [2.75, 3.05) is 44.7 Å². The average Bonchev–Trinajstić information content (AvgIpc) is 2.80. The second-order valence-corrected chi connectivity index (χ2v) is 8.51. The van der Waals surface area contributed by atoms with Gasteiger partial charge < -0.3 is 14.7 Å². The number of anilines is 1. The van der Waals surface area contributed by atoms with Crippen molar-refractivity contribution in [1.82, 2.24) is 9.88 Å². The van der Waals surface area contributed by atoms with Crippen LogP contribution in [0.15, 0.2) is 48.7 Å². The maximum absolute atomic E-state index is 11.1. The molecule has 0 radical (unpaired) electrons. The van der Waals surface area contributed by atoms with Gasteiger partial charge in [0.2, 0.25) is 0 Å². The number of benzene rings is 1. The molecular weight excluding hydrogens is 362 g/mol. The molecule has 0 spiro atoms. The standard InChI is InChI=1S/C24H33N3O2/c1-29-22-7-5-21(6-8-22)24(28)12-9-20(10-13-24)11-15-26-16-18-27(19-17-26)23-4-2-3-14-25-23/h2-8,14,20,28H,9-13,15-19H2,1H3/t20-,24+. The molecule has 0 atom stereocenters. The molecule has 5 nitrogen and oxygen atoms in total. The Morgan fingerprint density at radius 1 is 1.03 bits per heavy atom. The maximum atomic E-state index is 11.1. The highest BCUT2D eigenvalue weighted by Gasteiger charge is 2.34. The Balaban J connectivity index is 1.20.